The monoisotopic (exact) mass is 246 g/mol. The Bertz CT molecular complexity index is 286. The highest BCUT2D eigenvalue weighted by Gasteiger charge is 2.24. The van der Waals surface area contributed by atoms with Gasteiger partial charge in [0.1, 0.15) is 0 Å². The molecule has 0 amide bonds. The number of thiazole rings is 1. The van der Waals surface area contributed by atoms with Crippen molar-refractivity contribution >= 4 is 22.9 Å². The first-order chi connectivity index (χ1) is 7.15. The van der Waals surface area contributed by atoms with Crippen LogP contribution in [0.2, 0.25) is 0 Å². The molecule has 0 radical (unpaired) electrons. The van der Waals surface area contributed by atoms with Gasteiger partial charge in [-0.15, -0.1) is 22.9 Å². The molecular weight excluding hydrogens is 228 g/mol. The van der Waals surface area contributed by atoms with E-state index in [2.05, 4.69) is 29.5 Å². The zero-order valence-corrected chi connectivity index (χ0v) is 11.2. The van der Waals surface area contributed by atoms with Gasteiger partial charge < -0.3 is 5.32 Å². The number of nitrogens with zero attached hydrogens (tertiary/aromatic N) is 1. The van der Waals surface area contributed by atoms with Crippen LogP contribution in [0, 0.1) is 6.92 Å². The van der Waals surface area contributed by atoms with Crippen LogP contribution in [0.4, 0.5) is 0 Å². The molecule has 0 fully saturated rings. The van der Waals surface area contributed by atoms with Crippen molar-refractivity contribution in [2.45, 2.75) is 45.7 Å². The molecule has 0 aliphatic heterocycles. The summed E-state index contributed by atoms with van der Waals surface area (Å²) in [5.74, 6) is 0.656. The second kappa shape index (κ2) is 5.83. The van der Waals surface area contributed by atoms with Crippen molar-refractivity contribution < 1.29 is 0 Å². The van der Waals surface area contributed by atoms with E-state index < -0.39 is 0 Å². The highest BCUT2D eigenvalue weighted by atomic mass is 35.5. The Labute approximate surface area is 101 Å². The molecule has 0 aliphatic carbocycles. The van der Waals surface area contributed by atoms with Gasteiger partial charge >= 0.3 is 0 Å². The molecule has 0 unspecified atom stereocenters. The number of halogens is 1. The minimum atomic E-state index is 0.0685. The lowest BCUT2D eigenvalue weighted by Crippen LogP contribution is -2.45. The summed E-state index contributed by atoms with van der Waals surface area (Å²) in [6.45, 7) is 7.19. The third-order valence-corrected chi connectivity index (χ3v) is 4.25. The molecule has 4 heteroatoms. The van der Waals surface area contributed by atoms with Gasteiger partial charge in [0.25, 0.3) is 0 Å². The topological polar surface area (TPSA) is 24.9 Å². The fourth-order valence-corrected chi connectivity index (χ4v) is 2.59. The summed E-state index contributed by atoms with van der Waals surface area (Å²) in [6.07, 6.45) is 2.10. The maximum absolute atomic E-state index is 6.02. The highest BCUT2D eigenvalue weighted by Crippen LogP contribution is 2.18. The van der Waals surface area contributed by atoms with E-state index in [1.54, 1.807) is 11.3 Å². The normalized spacial score (nSPS) is 12.0. The first-order valence-corrected chi connectivity index (χ1v) is 6.79. The van der Waals surface area contributed by atoms with Crippen LogP contribution in [-0.2, 0) is 6.54 Å². The Morgan fingerprint density at radius 1 is 1.47 bits per heavy atom. The number of hydrogen-bond acceptors (Lipinski definition) is 3. The smallest absolute Gasteiger partial charge is 0.0897 e. The van der Waals surface area contributed by atoms with Gasteiger partial charge in [-0.3, -0.25) is 0 Å². The first-order valence-electron chi connectivity index (χ1n) is 5.37. The molecule has 0 aromatic carbocycles. The van der Waals surface area contributed by atoms with Crippen molar-refractivity contribution in [1.29, 1.82) is 0 Å². The summed E-state index contributed by atoms with van der Waals surface area (Å²) in [5, 5.41) is 6.75. The minimum absolute atomic E-state index is 0.0685. The molecule has 0 atom stereocenters. The standard InChI is InChI=1S/C11H19ClN2S/c1-4-11(5-2,8-12)13-6-10-7-15-9(3)14-10/h7,13H,4-6,8H2,1-3H3. The van der Waals surface area contributed by atoms with E-state index in [9.17, 15) is 0 Å². The Morgan fingerprint density at radius 2 is 2.13 bits per heavy atom. The third-order valence-electron chi connectivity index (χ3n) is 2.92. The number of nitrogens with one attached hydrogen (secondary N) is 1. The van der Waals surface area contributed by atoms with E-state index in [1.165, 1.54) is 0 Å². The van der Waals surface area contributed by atoms with Crippen LogP contribution >= 0.6 is 22.9 Å². The summed E-state index contributed by atoms with van der Waals surface area (Å²) in [5.41, 5.74) is 1.19. The van der Waals surface area contributed by atoms with Crippen molar-refractivity contribution in [1.82, 2.24) is 10.3 Å². The first kappa shape index (κ1) is 12.9. The maximum atomic E-state index is 6.02. The summed E-state index contributed by atoms with van der Waals surface area (Å²) >= 11 is 7.71. The van der Waals surface area contributed by atoms with E-state index in [1.807, 2.05) is 6.92 Å². The lowest BCUT2D eigenvalue weighted by Gasteiger charge is -2.30. The molecule has 86 valence electrons. The largest absolute Gasteiger partial charge is 0.304 e. The zero-order chi connectivity index (χ0) is 11.3. The third kappa shape index (κ3) is 3.44. The summed E-state index contributed by atoms with van der Waals surface area (Å²) < 4.78 is 0. The van der Waals surface area contributed by atoms with Gasteiger partial charge in [-0.05, 0) is 19.8 Å². The van der Waals surface area contributed by atoms with Crippen LogP contribution in [0.5, 0.6) is 0 Å². The number of aromatic nitrogens is 1. The predicted octanol–water partition coefficient (Wildman–Crippen LogP) is 3.34. The highest BCUT2D eigenvalue weighted by molar-refractivity contribution is 7.09. The maximum Gasteiger partial charge on any atom is 0.0897 e. The zero-order valence-electron chi connectivity index (χ0n) is 9.64. The fraction of sp³-hybridized carbons (Fsp3) is 0.727. The molecule has 0 bridgehead atoms. The Balaban J connectivity index is 2.54. The van der Waals surface area contributed by atoms with Crippen LogP contribution in [0.25, 0.3) is 0 Å². The molecule has 1 aromatic heterocycles. The molecule has 15 heavy (non-hydrogen) atoms. The molecule has 0 aliphatic rings. The molecule has 0 spiro atoms. The van der Waals surface area contributed by atoms with Crippen LogP contribution in [0.1, 0.15) is 37.4 Å². The van der Waals surface area contributed by atoms with Gasteiger partial charge in [-0.1, -0.05) is 13.8 Å². The molecular formula is C11H19ClN2S. The quantitative estimate of drug-likeness (QED) is 0.779. The predicted molar refractivity (Wildman–Crippen MR) is 67.7 cm³/mol. The van der Waals surface area contributed by atoms with Gasteiger partial charge in [0.05, 0.1) is 10.7 Å². The average Bonchev–Trinajstić information content (AvgIpc) is 2.67. The van der Waals surface area contributed by atoms with E-state index in [0.717, 1.165) is 30.1 Å². The summed E-state index contributed by atoms with van der Waals surface area (Å²) in [7, 11) is 0. The molecule has 0 saturated heterocycles. The van der Waals surface area contributed by atoms with Crippen molar-refractivity contribution in [3.8, 4) is 0 Å². The van der Waals surface area contributed by atoms with E-state index in [4.69, 9.17) is 11.6 Å². The molecule has 1 heterocycles. The second-order valence-electron chi connectivity index (χ2n) is 3.83. The van der Waals surface area contributed by atoms with Crippen molar-refractivity contribution in [3.63, 3.8) is 0 Å². The second-order valence-corrected chi connectivity index (χ2v) is 5.16. The Hall–Kier alpha value is -0.120. The van der Waals surface area contributed by atoms with Gasteiger partial charge in [-0.2, -0.15) is 0 Å². The summed E-state index contributed by atoms with van der Waals surface area (Å²) in [6, 6.07) is 0. The van der Waals surface area contributed by atoms with Crippen LogP contribution in [0.3, 0.4) is 0 Å². The lowest BCUT2D eigenvalue weighted by molar-refractivity contribution is 0.333. The number of hydrogen-bond donors (Lipinski definition) is 1. The number of rotatable bonds is 6. The molecule has 2 nitrogen and oxygen atoms in total. The SMILES string of the molecule is CCC(CC)(CCl)NCc1csc(C)n1. The van der Waals surface area contributed by atoms with Gasteiger partial charge in [0.15, 0.2) is 0 Å². The van der Waals surface area contributed by atoms with E-state index in [0.29, 0.717) is 5.88 Å². The molecule has 1 rings (SSSR count). The van der Waals surface area contributed by atoms with Crippen molar-refractivity contribution in [3.05, 3.63) is 16.1 Å². The summed E-state index contributed by atoms with van der Waals surface area (Å²) in [4.78, 5) is 4.43. The number of alkyl halides is 1. The van der Waals surface area contributed by atoms with Crippen molar-refractivity contribution in [2.75, 3.05) is 5.88 Å². The molecule has 1 aromatic rings. The van der Waals surface area contributed by atoms with E-state index in [-0.39, 0.29) is 5.54 Å². The minimum Gasteiger partial charge on any atom is -0.304 e. The van der Waals surface area contributed by atoms with E-state index >= 15 is 0 Å². The number of aryl methyl sites for hydroxylation is 1. The van der Waals surface area contributed by atoms with Crippen LogP contribution in [0.15, 0.2) is 5.38 Å². The van der Waals surface area contributed by atoms with Gasteiger partial charge in [-0.25, -0.2) is 4.98 Å². The van der Waals surface area contributed by atoms with Gasteiger partial charge in [0, 0.05) is 23.3 Å². The van der Waals surface area contributed by atoms with Gasteiger partial charge in [0.2, 0.25) is 0 Å². The molecule has 1 N–H and O–H groups in total. The lowest BCUT2D eigenvalue weighted by atomic mass is 9.95. The Kier molecular flexibility index (Phi) is 5.03. The fourth-order valence-electron chi connectivity index (χ4n) is 1.50. The Morgan fingerprint density at radius 3 is 2.53 bits per heavy atom. The van der Waals surface area contributed by atoms with Crippen LogP contribution in [-0.4, -0.2) is 16.4 Å². The van der Waals surface area contributed by atoms with Crippen LogP contribution < -0.4 is 5.32 Å². The van der Waals surface area contributed by atoms with Crippen molar-refractivity contribution in [2.24, 2.45) is 0 Å². The molecule has 0 saturated carbocycles. The average molecular weight is 247 g/mol.